The second-order valence-electron chi connectivity index (χ2n) is 15.2. The highest BCUT2D eigenvalue weighted by Gasteiger charge is 2.66. The van der Waals surface area contributed by atoms with Gasteiger partial charge in [-0.25, -0.2) is 14.5 Å². The minimum absolute atomic E-state index is 0.0169. The Bertz CT molecular complexity index is 1720. The van der Waals surface area contributed by atoms with Crippen LogP contribution in [0.25, 0.3) is 0 Å². The van der Waals surface area contributed by atoms with Gasteiger partial charge < -0.3 is 61.6 Å². The van der Waals surface area contributed by atoms with Crippen molar-refractivity contribution >= 4 is 35.9 Å². The maximum atomic E-state index is 14.0. The molecule has 320 valence electrons. The first-order valence-corrected chi connectivity index (χ1v) is 18.7. The fraction of sp³-hybridized carbons (Fsp3) is 0.684. The van der Waals surface area contributed by atoms with Crippen LogP contribution < -0.4 is 0 Å². The van der Waals surface area contributed by atoms with Gasteiger partial charge in [-0.1, -0.05) is 30.3 Å². The van der Waals surface area contributed by atoms with Gasteiger partial charge in [-0.3, -0.25) is 19.2 Å². The first kappa shape index (κ1) is 43.3. The third kappa shape index (κ3) is 9.44. The molecule has 0 radical (unpaired) electrons. The van der Waals surface area contributed by atoms with E-state index in [1.807, 2.05) is 6.07 Å². The van der Waals surface area contributed by atoms with Crippen LogP contribution in [0, 0.1) is 0 Å². The molecule has 5 fully saturated rings. The molecular weight excluding hydrogens is 774 g/mol. The van der Waals surface area contributed by atoms with Crippen molar-refractivity contribution in [1.82, 2.24) is 4.90 Å². The molecule has 0 saturated carbocycles. The molecule has 58 heavy (non-hydrogen) atoms. The summed E-state index contributed by atoms with van der Waals surface area (Å²) in [6.45, 7) is 8.32. The molecule has 0 bridgehead atoms. The highest BCUT2D eigenvalue weighted by molar-refractivity contribution is 5.95. The standard InChI is InChI=1S/C38H49NO19/c1-19(40)48-16-24(50-20(2)41)28(51-21(3)42)30-27-23(53-35(45)39(27)26(43)18-47-15-22-12-10-9-11-13-22)14-38(57-30,34(44)46-8)49-17-25-29-31(55-36(4,5)54-29)32-33(52-25)58-37(6,7)56-32/h9-13,23-25,27-33H,14-18H2,1-8H3/t23-,24+,25+,27+,28+,29-,30+,31-,32+,33+,38+/m0/s1. The third-order valence-corrected chi connectivity index (χ3v) is 9.86. The molecule has 5 saturated heterocycles. The molecule has 6 rings (SSSR count). The summed E-state index contributed by atoms with van der Waals surface area (Å²) in [5, 5.41) is 0. The number of fused-ring (bicyclic) bond motifs is 4. The number of ether oxygens (including phenoxy) is 13. The predicted molar refractivity (Wildman–Crippen MR) is 187 cm³/mol. The molecule has 0 aliphatic carbocycles. The summed E-state index contributed by atoms with van der Waals surface area (Å²) in [6.07, 6.45) is -12.4. The lowest BCUT2D eigenvalue weighted by molar-refractivity contribution is -0.325. The molecule has 20 nitrogen and oxygen atoms in total. The number of amides is 2. The molecule has 2 amide bonds. The molecule has 1 aromatic rings. The molecule has 0 unspecified atom stereocenters. The van der Waals surface area contributed by atoms with Crippen molar-refractivity contribution in [1.29, 1.82) is 0 Å². The van der Waals surface area contributed by atoms with Crippen molar-refractivity contribution in [3.63, 3.8) is 0 Å². The van der Waals surface area contributed by atoms with Crippen LogP contribution in [0.2, 0.25) is 0 Å². The molecule has 0 aromatic heterocycles. The van der Waals surface area contributed by atoms with Crippen LogP contribution in [-0.4, -0.2) is 146 Å². The minimum atomic E-state index is -2.47. The van der Waals surface area contributed by atoms with Gasteiger partial charge in [0.25, 0.3) is 11.7 Å². The maximum absolute atomic E-state index is 14.0. The van der Waals surface area contributed by atoms with E-state index < -0.39 is 141 Å². The van der Waals surface area contributed by atoms with Gasteiger partial charge >= 0.3 is 30.0 Å². The van der Waals surface area contributed by atoms with Crippen LogP contribution in [0.5, 0.6) is 0 Å². The van der Waals surface area contributed by atoms with E-state index in [9.17, 15) is 28.8 Å². The second kappa shape index (κ2) is 17.1. The quantitative estimate of drug-likeness (QED) is 0.191. The van der Waals surface area contributed by atoms with Gasteiger partial charge in [0.05, 0.1) is 26.7 Å². The fourth-order valence-electron chi connectivity index (χ4n) is 7.73. The summed E-state index contributed by atoms with van der Waals surface area (Å²) in [4.78, 5) is 79.3. The van der Waals surface area contributed by atoms with Crippen LogP contribution in [-0.2, 0) is 92.2 Å². The van der Waals surface area contributed by atoms with E-state index in [0.29, 0.717) is 4.90 Å². The molecule has 0 spiro atoms. The first-order chi connectivity index (χ1) is 27.3. The van der Waals surface area contributed by atoms with Gasteiger partial charge in [0, 0.05) is 20.8 Å². The Morgan fingerprint density at radius 2 is 1.50 bits per heavy atom. The number of esters is 4. The number of carbonyl (C=O) groups excluding carboxylic acids is 6. The molecule has 11 atom stereocenters. The van der Waals surface area contributed by atoms with Gasteiger partial charge in [-0.05, 0) is 33.3 Å². The Morgan fingerprint density at radius 3 is 2.16 bits per heavy atom. The Morgan fingerprint density at radius 1 is 0.845 bits per heavy atom. The fourth-order valence-corrected chi connectivity index (χ4v) is 7.73. The Hall–Kier alpha value is -4.28. The predicted octanol–water partition coefficient (Wildman–Crippen LogP) is 1.42. The average Bonchev–Trinajstić information content (AvgIpc) is 3.77. The molecule has 5 aliphatic rings. The normalized spacial score (nSPS) is 32.8. The molecule has 5 heterocycles. The zero-order chi connectivity index (χ0) is 42.2. The monoisotopic (exact) mass is 823 g/mol. The summed E-state index contributed by atoms with van der Waals surface area (Å²) in [5.41, 5.74) is 0.748. The number of hydrogen-bond donors (Lipinski definition) is 0. The number of benzene rings is 1. The van der Waals surface area contributed by atoms with Gasteiger partial charge in [-0.2, -0.15) is 0 Å². The van der Waals surface area contributed by atoms with Gasteiger partial charge in [0.2, 0.25) is 0 Å². The van der Waals surface area contributed by atoms with E-state index in [-0.39, 0.29) is 6.61 Å². The van der Waals surface area contributed by atoms with Crippen LogP contribution in [0.3, 0.4) is 0 Å². The van der Waals surface area contributed by atoms with Crippen LogP contribution in [0.4, 0.5) is 4.79 Å². The summed E-state index contributed by atoms with van der Waals surface area (Å²) >= 11 is 0. The van der Waals surface area contributed by atoms with E-state index in [1.54, 1.807) is 52.0 Å². The first-order valence-electron chi connectivity index (χ1n) is 18.7. The van der Waals surface area contributed by atoms with E-state index in [4.69, 9.17) is 61.6 Å². The number of rotatable bonds is 14. The molecule has 0 N–H and O–H groups in total. The Labute approximate surface area is 333 Å². The van der Waals surface area contributed by atoms with Crippen molar-refractivity contribution in [2.45, 2.75) is 140 Å². The largest absolute Gasteiger partial charge is 0.465 e. The number of imide groups is 1. The molecule has 5 aliphatic heterocycles. The zero-order valence-corrected chi connectivity index (χ0v) is 33.4. The maximum Gasteiger partial charge on any atom is 0.417 e. The molecule has 20 heteroatoms. The van der Waals surface area contributed by atoms with Crippen LogP contribution in [0.15, 0.2) is 30.3 Å². The van der Waals surface area contributed by atoms with Crippen molar-refractivity contribution in [3.05, 3.63) is 35.9 Å². The molecule has 1 aromatic carbocycles. The zero-order valence-electron chi connectivity index (χ0n) is 33.4. The topological polar surface area (TPSA) is 226 Å². The number of carbonyl (C=O) groups is 6. The summed E-state index contributed by atoms with van der Waals surface area (Å²) in [7, 11) is 1.06. The summed E-state index contributed by atoms with van der Waals surface area (Å²) in [5.74, 6) is -9.19. The van der Waals surface area contributed by atoms with E-state index >= 15 is 0 Å². The van der Waals surface area contributed by atoms with Crippen molar-refractivity contribution in [3.8, 4) is 0 Å². The van der Waals surface area contributed by atoms with Crippen molar-refractivity contribution < 1.29 is 90.3 Å². The number of nitrogens with zero attached hydrogens (tertiary/aromatic N) is 1. The van der Waals surface area contributed by atoms with E-state index in [2.05, 4.69) is 0 Å². The van der Waals surface area contributed by atoms with E-state index in [0.717, 1.165) is 33.4 Å². The lowest BCUT2D eigenvalue weighted by atomic mass is 9.88. The SMILES string of the molecule is COC(=O)[C@@]1(OC[C@H]2O[C@@H]3OC(C)(C)O[C@@H]3[C@H]3OC(C)(C)O[C@H]32)C[C@@H]2OC(=O)N(C(=O)COCc3ccccc3)[C@H]2[C@H]([C@H](OC(C)=O)[C@@H](COC(C)=O)OC(C)=O)O1. The van der Waals surface area contributed by atoms with Crippen molar-refractivity contribution in [2.75, 3.05) is 26.9 Å². The van der Waals surface area contributed by atoms with Gasteiger partial charge in [-0.15, -0.1) is 0 Å². The summed E-state index contributed by atoms with van der Waals surface area (Å²) < 4.78 is 76.4. The third-order valence-electron chi connectivity index (χ3n) is 9.86. The van der Waals surface area contributed by atoms with Gasteiger partial charge in [0.15, 0.2) is 30.1 Å². The highest BCUT2D eigenvalue weighted by atomic mass is 16.9. The van der Waals surface area contributed by atoms with Crippen LogP contribution in [0.1, 0.15) is 60.5 Å². The highest BCUT2D eigenvalue weighted by Crippen LogP contribution is 2.46. The lowest BCUT2D eigenvalue weighted by Crippen LogP contribution is -2.68. The second-order valence-corrected chi connectivity index (χ2v) is 15.2. The number of hydrogen-bond acceptors (Lipinski definition) is 19. The average molecular weight is 824 g/mol. The minimum Gasteiger partial charge on any atom is -0.465 e. The summed E-state index contributed by atoms with van der Waals surface area (Å²) in [6, 6.07) is 7.49. The van der Waals surface area contributed by atoms with Crippen LogP contribution >= 0.6 is 0 Å². The van der Waals surface area contributed by atoms with E-state index in [1.165, 1.54) is 0 Å². The lowest BCUT2D eigenvalue weighted by Gasteiger charge is -2.47. The smallest absolute Gasteiger partial charge is 0.417 e. The Balaban J connectivity index is 1.35. The molecular formula is C38H49NO19. The number of methoxy groups -OCH3 is 1. The van der Waals surface area contributed by atoms with Crippen molar-refractivity contribution in [2.24, 2.45) is 0 Å². The Kier molecular flexibility index (Phi) is 12.8. The van der Waals surface area contributed by atoms with Gasteiger partial charge in [0.1, 0.15) is 55.9 Å².